The van der Waals surface area contributed by atoms with Gasteiger partial charge in [-0.25, -0.2) is 4.79 Å². The minimum atomic E-state index is -0.384. The Balaban J connectivity index is 2.06. The molecule has 0 aliphatic carbocycles. The maximum atomic E-state index is 11.9. The molecule has 0 spiro atoms. The van der Waals surface area contributed by atoms with Crippen molar-refractivity contribution in [3.63, 3.8) is 0 Å². The van der Waals surface area contributed by atoms with Gasteiger partial charge >= 0.3 is 5.97 Å². The summed E-state index contributed by atoms with van der Waals surface area (Å²) in [7, 11) is 0. The van der Waals surface area contributed by atoms with Gasteiger partial charge in [0.2, 0.25) is 0 Å². The summed E-state index contributed by atoms with van der Waals surface area (Å²) in [6.45, 7) is 2.00. The Morgan fingerprint density at radius 2 is 2.17 bits per heavy atom. The molecule has 0 aliphatic rings. The van der Waals surface area contributed by atoms with Crippen LogP contribution in [-0.4, -0.2) is 11.0 Å². The van der Waals surface area contributed by atoms with E-state index in [0.717, 1.165) is 5.56 Å². The number of benzene rings is 1. The Hall–Kier alpha value is -2.36. The Morgan fingerprint density at radius 3 is 2.89 bits per heavy atom. The van der Waals surface area contributed by atoms with E-state index in [1.165, 1.54) is 0 Å². The number of pyridine rings is 1. The molecule has 1 aromatic carbocycles. The van der Waals surface area contributed by atoms with Gasteiger partial charge in [0.1, 0.15) is 6.61 Å². The maximum Gasteiger partial charge on any atom is 0.338 e. The summed E-state index contributed by atoms with van der Waals surface area (Å²) in [5.41, 5.74) is 8.25. The van der Waals surface area contributed by atoms with Crippen LogP contribution >= 0.6 is 0 Å². The number of rotatable bonds is 3. The second-order valence-corrected chi connectivity index (χ2v) is 3.97. The quantitative estimate of drug-likeness (QED) is 0.662. The average molecular weight is 242 g/mol. The molecule has 2 rings (SSSR count). The number of aromatic nitrogens is 1. The van der Waals surface area contributed by atoms with Gasteiger partial charge in [-0.05, 0) is 36.8 Å². The second kappa shape index (κ2) is 5.31. The van der Waals surface area contributed by atoms with Crippen molar-refractivity contribution in [3.05, 3.63) is 59.4 Å². The summed E-state index contributed by atoms with van der Waals surface area (Å²) >= 11 is 0. The van der Waals surface area contributed by atoms with E-state index in [1.807, 2.05) is 19.1 Å². The van der Waals surface area contributed by atoms with Crippen molar-refractivity contribution < 1.29 is 9.53 Å². The zero-order valence-electron chi connectivity index (χ0n) is 10.1. The van der Waals surface area contributed by atoms with Crippen molar-refractivity contribution in [1.82, 2.24) is 4.98 Å². The van der Waals surface area contributed by atoms with Gasteiger partial charge in [-0.1, -0.05) is 12.1 Å². The Bertz CT molecular complexity index is 553. The van der Waals surface area contributed by atoms with E-state index in [4.69, 9.17) is 10.5 Å². The van der Waals surface area contributed by atoms with E-state index >= 15 is 0 Å². The molecule has 0 fully saturated rings. The normalized spacial score (nSPS) is 10.1. The molecule has 0 atom stereocenters. The van der Waals surface area contributed by atoms with E-state index in [2.05, 4.69) is 4.98 Å². The number of ether oxygens (including phenoxy) is 1. The van der Waals surface area contributed by atoms with Crippen molar-refractivity contribution in [3.8, 4) is 0 Å². The van der Waals surface area contributed by atoms with Crippen LogP contribution in [0.25, 0.3) is 0 Å². The summed E-state index contributed by atoms with van der Waals surface area (Å²) in [5.74, 6) is -0.384. The Labute approximate surface area is 105 Å². The molecule has 0 bridgehead atoms. The lowest BCUT2D eigenvalue weighted by Crippen LogP contribution is -2.08. The maximum absolute atomic E-state index is 11.9. The molecule has 2 aromatic rings. The van der Waals surface area contributed by atoms with Crippen LogP contribution < -0.4 is 5.73 Å². The highest BCUT2D eigenvalue weighted by Gasteiger charge is 2.11. The third-order valence-electron chi connectivity index (χ3n) is 2.56. The molecular weight excluding hydrogens is 228 g/mol. The lowest BCUT2D eigenvalue weighted by Gasteiger charge is -2.07. The molecule has 2 N–H and O–H groups in total. The fourth-order valence-electron chi connectivity index (χ4n) is 1.56. The van der Waals surface area contributed by atoms with Crippen LogP contribution in [0.2, 0.25) is 0 Å². The number of carbonyl (C=O) groups excluding carboxylic acids is 1. The number of carbonyl (C=O) groups is 1. The van der Waals surface area contributed by atoms with Gasteiger partial charge in [0.15, 0.2) is 0 Å². The van der Waals surface area contributed by atoms with Gasteiger partial charge in [0.25, 0.3) is 0 Å². The largest absolute Gasteiger partial charge is 0.456 e. The lowest BCUT2D eigenvalue weighted by atomic mass is 10.1. The first-order valence-corrected chi connectivity index (χ1v) is 5.60. The molecule has 0 saturated heterocycles. The topological polar surface area (TPSA) is 65.2 Å². The van der Waals surface area contributed by atoms with Crippen molar-refractivity contribution >= 4 is 11.7 Å². The van der Waals surface area contributed by atoms with E-state index in [1.54, 1.807) is 30.5 Å². The van der Waals surface area contributed by atoms with Crippen molar-refractivity contribution in [2.24, 2.45) is 0 Å². The molecular formula is C14H14N2O2. The number of hydrogen-bond acceptors (Lipinski definition) is 4. The first-order chi connectivity index (χ1) is 8.66. The number of hydrogen-bond donors (Lipinski definition) is 1. The van der Waals surface area contributed by atoms with Crippen LogP contribution in [0.5, 0.6) is 0 Å². The number of anilines is 1. The highest BCUT2D eigenvalue weighted by Crippen LogP contribution is 2.14. The second-order valence-electron chi connectivity index (χ2n) is 3.97. The van der Waals surface area contributed by atoms with E-state index < -0.39 is 0 Å². The molecule has 0 amide bonds. The molecule has 0 unspecified atom stereocenters. The minimum absolute atomic E-state index is 0.161. The Morgan fingerprint density at radius 1 is 1.33 bits per heavy atom. The summed E-state index contributed by atoms with van der Waals surface area (Å²) in [5, 5.41) is 0. The predicted octanol–water partition coefficient (Wildman–Crippen LogP) is 2.33. The van der Waals surface area contributed by atoms with E-state index in [0.29, 0.717) is 16.9 Å². The van der Waals surface area contributed by atoms with E-state index in [-0.39, 0.29) is 12.6 Å². The van der Waals surface area contributed by atoms with Crippen molar-refractivity contribution in [2.45, 2.75) is 13.5 Å². The first-order valence-electron chi connectivity index (χ1n) is 5.60. The van der Waals surface area contributed by atoms with Crippen LogP contribution in [0.4, 0.5) is 5.69 Å². The van der Waals surface area contributed by atoms with E-state index in [9.17, 15) is 4.79 Å². The predicted molar refractivity (Wildman–Crippen MR) is 68.9 cm³/mol. The molecule has 4 nitrogen and oxygen atoms in total. The summed E-state index contributed by atoms with van der Waals surface area (Å²) < 4.78 is 5.19. The molecule has 1 heterocycles. The highest BCUT2D eigenvalue weighted by atomic mass is 16.5. The standard InChI is InChI=1S/C14H14N2O2/c1-10-5-6-11(15)8-13(10)14(17)18-9-12-4-2-3-7-16-12/h2-8H,9,15H2,1H3. The van der Waals surface area contributed by atoms with Crippen LogP contribution in [0.3, 0.4) is 0 Å². The van der Waals surface area contributed by atoms with Gasteiger partial charge in [0, 0.05) is 11.9 Å². The SMILES string of the molecule is Cc1ccc(N)cc1C(=O)OCc1ccccn1. The highest BCUT2D eigenvalue weighted by molar-refractivity contribution is 5.92. The van der Waals surface area contributed by atoms with Gasteiger partial charge in [-0.15, -0.1) is 0 Å². The minimum Gasteiger partial charge on any atom is -0.456 e. The van der Waals surface area contributed by atoms with Crippen molar-refractivity contribution in [1.29, 1.82) is 0 Å². The van der Waals surface area contributed by atoms with Crippen molar-refractivity contribution in [2.75, 3.05) is 5.73 Å². The molecule has 0 saturated carbocycles. The van der Waals surface area contributed by atoms with Crippen LogP contribution in [0.15, 0.2) is 42.6 Å². The van der Waals surface area contributed by atoms with Gasteiger partial charge in [-0.2, -0.15) is 0 Å². The van der Waals surface area contributed by atoms with Gasteiger partial charge in [-0.3, -0.25) is 4.98 Å². The molecule has 0 radical (unpaired) electrons. The number of nitrogens with zero attached hydrogens (tertiary/aromatic N) is 1. The third kappa shape index (κ3) is 2.85. The fraction of sp³-hybridized carbons (Fsp3) is 0.143. The lowest BCUT2D eigenvalue weighted by molar-refractivity contribution is 0.0467. The summed E-state index contributed by atoms with van der Waals surface area (Å²) in [4.78, 5) is 16.0. The molecule has 1 aromatic heterocycles. The van der Waals surface area contributed by atoms with Crippen LogP contribution in [-0.2, 0) is 11.3 Å². The summed E-state index contributed by atoms with van der Waals surface area (Å²) in [6.07, 6.45) is 1.66. The number of nitrogen functional groups attached to an aromatic ring is 1. The third-order valence-corrected chi connectivity index (χ3v) is 2.56. The van der Waals surface area contributed by atoms with Gasteiger partial charge < -0.3 is 10.5 Å². The Kier molecular flexibility index (Phi) is 3.57. The molecule has 4 heteroatoms. The number of esters is 1. The number of aryl methyl sites for hydroxylation is 1. The van der Waals surface area contributed by atoms with Crippen LogP contribution in [0, 0.1) is 6.92 Å². The molecule has 18 heavy (non-hydrogen) atoms. The van der Waals surface area contributed by atoms with Gasteiger partial charge in [0.05, 0.1) is 11.3 Å². The fourth-order valence-corrected chi connectivity index (χ4v) is 1.56. The smallest absolute Gasteiger partial charge is 0.338 e. The van der Waals surface area contributed by atoms with Crippen LogP contribution in [0.1, 0.15) is 21.6 Å². The zero-order chi connectivity index (χ0) is 13.0. The molecule has 92 valence electrons. The first kappa shape index (κ1) is 12.1. The summed E-state index contributed by atoms with van der Waals surface area (Å²) in [6, 6.07) is 10.6. The molecule has 0 aliphatic heterocycles. The number of nitrogens with two attached hydrogens (primary N) is 1. The zero-order valence-corrected chi connectivity index (χ0v) is 10.1. The monoisotopic (exact) mass is 242 g/mol. The average Bonchev–Trinajstić information content (AvgIpc) is 2.40.